The van der Waals surface area contributed by atoms with Gasteiger partial charge in [0.2, 0.25) is 5.91 Å². The third-order valence-electron chi connectivity index (χ3n) is 3.01. The highest BCUT2D eigenvalue weighted by molar-refractivity contribution is 6.31. The van der Waals surface area contributed by atoms with E-state index in [9.17, 15) is 14.0 Å². The Bertz CT molecular complexity index is 765. The van der Waals surface area contributed by atoms with Gasteiger partial charge in [0, 0.05) is 18.3 Å². The number of hydrogen-bond donors (Lipinski definition) is 3. The molecular weight excluding hydrogens is 321 g/mol. The number of benzene rings is 2. The van der Waals surface area contributed by atoms with Gasteiger partial charge in [0.25, 0.3) is 0 Å². The van der Waals surface area contributed by atoms with E-state index < -0.39 is 11.8 Å². The third kappa shape index (κ3) is 4.43. The van der Waals surface area contributed by atoms with Crippen LogP contribution in [0.4, 0.5) is 26.2 Å². The van der Waals surface area contributed by atoms with E-state index in [0.29, 0.717) is 11.4 Å². The molecule has 0 atom stereocenters. The minimum absolute atomic E-state index is 0.0239. The van der Waals surface area contributed by atoms with Crippen LogP contribution in [0, 0.1) is 12.7 Å². The fourth-order valence-corrected chi connectivity index (χ4v) is 2.08. The number of nitrogens with one attached hydrogen (secondary N) is 3. The second kappa shape index (κ2) is 7.11. The molecule has 3 N–H and O–H groups in total. The average Bonchev–Trinajstić information content (AvgIpc) is 2.47. The van der Waals surface area contributed by atoms with Gasteiger partial charge in [-0.1, -0.05) is 23.7 Å². The molecule has 120 valence electrons. The van der Waals surface area contributed by atoms with Crippen LogP contribution >= 0.6 is 11.6 Å². The Morgan fingerprint density at radius 2 is 1.78 bits per heavy atom. The summed E-state index contributed by atoms with van der Waals surface area (Å²) in [7, 11) is 0. The molecule has 0 heterocycles. The Kier molecular flexibility index (Phi) is 5.18. The van der Waals surface area contributed by atoms with Crippen molar-refractivity contribution < 1.29 is 14.0 Å². The third-order valence-corrected chi connectivity index (χ3v) is 3.30. The zero-order valence-electron chi connectivity index (χ0n) is 12.5. The summed E-state index contributed by atoms with van der Waals surface area (Å²) in [5, 5.41) is 7.53. The number of amides is 3. The number of hydrogen-bond acceptors (Lipinski definition) is 2. The van der Waals surface area contributed by atoms with E-state index in [1.807, 2.05) is 6.92 Å². The van der Waals surface area contributed by atoms with Gasteiger partial charge in [-0.05, 0) is 36.8 Å². The molecule has 0 aromatic heterocycles. The summed E-state index contributed by atoms with van der Waals surface area (Å²) >= 11 is 5.66. The zero-order valence-corrected chi connectivity index (χ0v) is 13.3. The van der Waals surface area contributed by atoms with Gasteiger partial charge in [-0.25, -0.2) is 9.18 Å². The van der Waals surface area contributed by atoms with Crippen molar-refractivity contribution in [2.24, 2.45) is 0 Å². The van der Waals surface area contributed by atoms with Crippen LogP contribution in [0.5, 0.6) is 0 Å². The molecule has 0 fully saturated rings. The first-order valence-corrected chi connectivity index (χ1v) is 7.15. The lowest BCUT2D eigenvalue weighted by atomic mass is 10.2. The molecule has 2 rings (SSSR count). The molecule has 0 spiro atoms. The first kappa shape index (κ1) is 16.8. The molecule has 3 amide bonds. The van der Waals surface area contributed by atoms with E-state index in [2.05, 4.69) is 16.0 Å². The second-order valence-corrected chi connectivity index (χ2v) is 5.30. The smallest absolute Gasteiger partial charge is 0.323 e. The quantitative estimate of drug-likeness (QED) is 0.778. The standard InChI is InChI=1S/C16H15ClFN3O2/c1-9-6-7-11(8-14(9)19-10(2)22)20-16(23)21-13-5-3-4-12(17)15(13)18/h3-8H,1-2H3,(H,19,22)(H2,20,21,23). The van der Waals surface area contributed by atoms with Gasteiger partial charge in [-0.3, -0.25) is 4.79 Å². The number of carbonyl (C=O) groups excluding carboxylic acids is 2. The molecule has 7 heteroatoms. The van der Waals surface area contributed by atoms with Crippen LogP contribution in [-0.4, -0.2) is 11.9 Å². The number of rotatable bonds is 3. The Labute approximate surface area is 137 Å². The molecule has 0 unspecified atom stereocenters. The molecule has 0 aliphatic heterocycles. The van der Waals surface area contributed by atoms with E-state index in [0.717, 1.165) is 5.56 Å². The van der Waals surface area contributed by atoms with Crippen molar-refractivity contribution in [2.45, 2.75) is 13.8 Å². The molecule has 0 saturated heterocycles. The summed E-state index contributed by atoms with van der Waals surface area (Å²) in [5.41, 5.74) is 1.87. The van der Waals surface area contributed by atoms with Crippen molar-refractivity contribution in [1.29, 1.82) is 0 Å². The Balaban J connectivity index is 2.11. The number of urea groups is 1. The normalized spacial score (nSPS) is 10.1. The maximum absolute atomic E-state index is 13.7. The number of anilines is 3. The van der Waals surface area contributed by atoms with Crippen LogP contribution in [0.2, 0.25) is 5.02 Å². The summed E-state index contributed by atoms with van der Waals surface area (Å²) in [6.07, 6.45) is 0. The molecule has 0 aliphatic rings. The van der Waals surface area contributed by atoms with Crippen LogP contribution in [0.3, 0.4) is 0 Å². The molecule has 2 aromatic carbocycles. The predicted octanol–water partition coefficient (Wildman–Crippen LogP) is 4.39. The highest BCUT2D eigenvalue weighted by atomic mass is 35.5. The SMILES string of the molecule is CC(=O)Nc1cc(NC(=O)Nc2cccc(Cl)c2F)ccc1C. The van der Waals surface area contributed by atoms with Gasteiger partial charge < -0.3 is 16.0 Å². The van der Waals surface area contributed by atoms with Crippen molar-refractivity contribution in [3.05, 3.63) is 52.8 Å². The van der Waals surface area contributed by atoms with Crippen molar-refractivity contribution in [2.75, 3.05) is 16.0 Å². The van der Waals surface area contributed by atoms with Gasteiger partial charge in [0.15, 0.2) is 5.82 Å². The molecule has 5 nitrogen and oxygen atoms in total. The Morgan fingerprint density at radius 3 is 2.48 bits per heavy atom. The molecular formula is C16H15ClFN3O2. The summed E-state index contributed by atoms with van der Waals surface area (Å²) in [4.78, 5) is 23.1. The summed E-state index contributed by atoms with van der Waals surface area (Å²) < 4.78 is 13.7. The van der Waals surface area contributed by atoms with E-state index >= 15 is 0 Å². The average molecular weight is 336 g/mol. The van der Waals surface area contributed by atoms with E-state index in [-0.39, 0.29) is 16.6 Å². The first-order valence-electron chi connectivity index (χ1n) is 6.77. The van der Waals surface area contributed by atoms with E-state index in [1.165, 1.54) is 25.1 Å². The zero-order chi connectivity index (χ0) is 17.0. The fraction of sp³-hybridized carbons (Fsp3) is 0.125. The monoisotopic (exact) mass is 335 g/mol. The van der Waals surface area contributed by atoms with Crippen molar-refractivity contribution >= 4 is 40.6 Å². The maximum Gasteiger partial charge on any atom is 0.323 e. The number of halogens is 2. The fourth-order valence-electron chi connectivity index (χ4n) is 1.91. The number of aryl methyl sites for hydroxylation is 1. The van der Waals surface area contributed by atoms with Crippen molar-refractivity contribution in [1.82, 2.24) is 0 Å². The highest BCUT2D eigenvalue weighted by Gasteiger charge is 2.10. The van der Waals surface area contributed by atoms with Gasteiger partial charge in [0.05, 0.1) is 10.7 Å². The van der Waals surface area contributed by atoms with Crippen LogP contribution < -0.4 is 16.0 Å². The largest absolute Gasteiger partial charge is 0.326 e. The van der Waals surface area contributed by atoms with Crippen LogP contribution in [0.1, 0.15) is 12.5 Å². The summed E-state index contributed by atoms with van der Waals surface area (Å²) in [6.45, 7) is 3.23. The lowest BCUT2D eigenvalue weighted by Gasteiger charge is -2.12. The van der Waals surface area contributed by atoms with Gasteiger partial charge in [0.1, 0.15) is 0 Å². The summed E-state index contributed by atoms with van der Waals surface area (Å²) in [5.74, 6) is -0.914. The molecule has 0 bridgehead atoms. The minimum Gasteiger partial charge on any atom is -0.326 e. The molecule has 0 radical (unpaired) electrons. The van der Waals surface area contributed by atoms with Crippen molar-refractivity contribution in [3.8, 4) is 0 Å². The van der Waals surface area contributed by atoms with Crippen LogP contribution in [-0.2, 0) is 4.79 Å². The number of carbonyl (C=O) groups is 2. The predicted molar refractivity (Wildman–Crippen MR) is 89.5 cm³/mol. The second-order valence-electron chi connectivity index (χ2n) is 4.89. The van der Waals surface area contributed by atoms with Crippen LogP contribution in [0.25, 0.3) is 0 Å². The maximum atomic E-state index is 13.7. The van der Waals surface area contributed by atoms with Gasteiger partial charge >= 0.3 is 6.03 Å². The van der Waals surface area contributed by atoms with Crippen LogP contribution in [0.15, 0.2) is 36.4 Å². The first-order chi connectivity index (χ1) is 10.9. The van der Waals surface area contributed by atoms with E-state index in [4.69, 9.17) is 11.6 Å². The molecule has 23 heavy (non-hydrogen) atoms. The van der Waals surface area contributed by atoms with E-state index in [1.54, 1.807) is 18.2 Å². The molecule has 0 saturated carbocycles. The van der Waals surface area contributed by atoms with Crippen molar-refractivity contribution in [3.63, 3.8) is 0 Å². The Hall–Kier alpha value is -2.60. The minimum atomic E-state index is -0.702. The molecule has 0 aliphatic carbocycles. The lowest BCUT2D eigenvalue weighted by Crippen LogP contribution is -2.20. The molecule has 2 aromatic rings. The van der Waals surface area contributed by atoms with Gasteiger partial charge in [-0.2, -0.15) is 0 Å². The highest BCUT2D eigenvalue weighted by Crippen LogP contribution is 2.23. The summed E-state index contributed by atoms with van der Waals surface area (Å²) in [6, 6.07) is 8.74. The van der Waals surface area contributed by atoms with Gasteiger partial charge in [-0.15, -0.1) is 0 Å². The Morgan fingerprint density at radius 1 is 1.04 bits per heavy atom. The lowest BCUT2D eigenvalue weighted by molar-refractivity contribution is -0.114. The topological polar surface area (TPSA) is 70.2 Å².